The van der Waals surface area contributed by atoms with Gasteiger partial charge in [-0.05, 0) is 67.5 Å². The van der Waals surface area contributed by atoms with Gasteiger partial charge in [0.1, 0.15) is 17.7 Å². The molecule has 1 heterocycles. The summed E-state index contributed by atoms with van der Waals surface area (Å²) in [5.41, 5.74) is 4.85. The highest BCUT2D eigenvalue weighted by Gasteiger charge is 2.15. The van der Waals surface area contributed by atoms with Gasteiger partial charge in [0.15, 0.2) is 0 Å². The van der Waals surface area contributed by atoms with E-state index >= 15 is 0 Å². The molecule has 0 amide bonds. The molecule has 0 radical (unpaired) electrons. The van der Waals surface area contributed by atoms with Crippen LogP contribution in [-0.4, -0.2) is 18.9 Å². The second-order valence-corrected chi connectivity index (χ2v) is 7.24. The van der Waals surface area contributed by atoms with E-state index in [0.29, 0.717) is 5.57 Å². The van der Waals surface area contributed by atoms with Crippen LogP contribution >= 0.6 is 0 Å². The SMILES string of the molecule is CC1=C/C(=C(/C#N)C(=O)C#N)C=C(/C=C/c2ccc(N3CCCCC3)cc2)C1. The maximum atomic E-state index is 11.7. The predicted octanol–water partition coefficient (Wildman–Crippen LogP) is 4.88. The van der Waals surface area contributed by atoms with Crippen LogP contribution in [0.1, 0.15) is 38.2 Å². The average molecular weight is 369 g/mol. The molecule has 1 aliphatic carbocycles. The maximum Gasteiger partial charge on any atom is 0.273 e. The molecule has 3 rings (SSSR count). The lowest BCUT2D eigenvalue weighted by molar-refractivity contribution is -0.110. The quantitative estimate of drug-likeness (QED) is 0.431. The Hall–Kier alpha value is -3.37. The van der Waals surface area contributed by atoms with Gasteiger partial charge in [-0.1, -0.05) is 35.9 Å². The van der Waals surface area contributed by atoms with Crippen molar-refractivity contribution < 1.29 is 4.79 Å². The fourth-order valence-corrected chi connectivity index (χ4v) is 3.64. The first kappa shape index (κ1) is 19.4. The van der Waals surface area contributed by atoms with E-state index in [0.717, 1.165) is 36.2 Å². The molecule has 2 aliphatic rings. The van der Waals surface area contributed by atoms with Gasteiger partial charge < -0.3 is 4.90 Å². The number of carbonyl (C=O) groups is 1. The zero-order valence-corrected chi connectivity index (χ0v) is 16.1. The molecule has 0 aromatic heterocycles. The van der Waals surface area contributed by atoms with E-state index in [1.807, 2.05) is 31.2 Å². The number of piperidine rings is 1. The Morgan fingerprint density at radius 2 is 1.71 bits per heavy atom. The number of benzene rings is 1. The summed E-state index contributed by atoms with van der Waals surface area (Å²) < 4.78 is 0. The van der Waals surface area contributed by atoms with Crippen LogP contribution in [0.4, 0.5) is 5.69 Å². The number of nitriles is 2. The first-order chi connectivity index (χ1) is 13.6. The van der Waals surface area contributed by atoms with Gasteiger partial charge in [-0.2, -0.15) is 10.5 Å². The highest BCUT2D eigenvalue weighted by atomic mass is 16.1. The van der Waals surface area contributed by atoms with Crippen molar-refractivity contribution >= 4 is 17.5 Å². The standard InChI is InChI=1S/C24H23N3O/c1-18-13-20(15-21(14-18)23(16-25)24(28)17-26)6-5-19-7-9-22(10-8-19)27-11-3-2-4-12-27/h5-10,14-15H,2-4,11-13H2,1H3/b6-5+,23-21+. The summed E-state index contributed by atoms with van der Waals surface area (Å²) in [5.74, 6) is -0.795. The number of anilines is 1. The van der Waals surface area contributed by atoms with Crippen molar-refractivity contribution in [1.82, 2.24) is 0 Å². The van der Waals surface area contributed by atoms with E-state index < -0.39 is 5.78 Å². The van der Waals surface area contributed by atoms with Gasteiger partial charge in [0.05, 0.1) is 0 Å². The Morgan fingerprint density at radius 3 is 2.36 bits per heavy atom. The lowest BCUT2D eigenvalue weighted by atomic mass is 9.92. The molecule has 0 saturated carbocycles. The lowest BCUT2D eigenvalue weighted by Crippen LogP contribution is -2.29. The van der Waals surface area contributed by atoms with Gasteiger partial charge in [-0.15, -0.1) is 0 Å². The van der Waals surface area contributed by atoms with Gasteiger partial charge >= 0.3 is 0 Å². The second kappa shape index (κ2) is 9.02. The van der Waals surface area contributed by atoms with Crippen LogP contribution in [0.5, 0.6) is 0 Å². The molecule has 0 N–H and O–H groups in total. The smallest absolute Gasteiger partial charge is 0.273 e. The molecule has 140 valence electrons. The molecular formula is C24H23N3O. The van der Waals surface area contributed by atoms with E-state index in [2.05, 4.69) is 29.2 Å². The Bertz CT molecular complexity index is 957. The van der Waals surface area contributed by atoms with Crippen LogP contribution in [-0.2, 0) is 4.79 Å². The van der Waals surface area contributed by atoms with E-state index in [4.69, 9.17) is 5.26 Å². The Balaban J connectivity index is 1.78. The van der Waals surface area contributed by atoms with Crippen LogP contribution in [0, 0.1) is 22.7 Å². The minimum atomic E-state index is -0.795. The normalized spacial score (nSPS) is 18.8. The van der Waals surface area contributed by atoms with E-state index in [1.165, 1.54) is 31.0 Å². The first-order valence-electron chi connectivity index (χ1n) is 9.60. The second-order valence-electron chi connectivity index (χ2n) is 7.24. The third kappa shape index (κ3) is 4.67. The van der Waals surface area contributed by atoms with Crippen molar-refractivity contribution in [2.45, 2.75) is 32.6 Å². The molecular weight excluding hydrogens is 346 g/mol. The van der Waals surface area contributed by atoms with Crippen LogP contribution in [0.15, 0.2) is 64.8 Å². The third-order valence-corrected chi connectivity index (χ3v) is 5.06. The van der Waals surface area contributed by atoms with Crippen molar-refractivity contribution in [2.75, 3.05) is 18.0 Å². The fourth-order valence-electron chi connectivity index (χ4n) is 3.64. The van der Waals surface area contributed by atoms with Crippen molar-refractivity contribution in [2.24, 2.45) is 0 Å². The minimum absolute atomic E-state index is 0.0988. The van der Waals surface area contributed by atoms with E-state index in [9.17, 15) is 10.1 Å². The molecule has 4 heteroatoms. The molecule has 0 unspecified atom stereocenters. The summed E-state index contributed by atoms with van der Waals surface area (Å²) in [7, 11) is 0. The lowest BCUT2D eigenvalue weighted by Gasteiger charge is -2.28. The topological polar surface area (TPSA) is 67.9 Å². The number of allylic oxidation sites excluding steroid dienone is 7. The Kier molecular flexibility index (Phi) is 6.25. The number of ketones is 1. The molecule has 0 bridgehead atoms. The highest BCUT2D eigenvalue weighted by molar-refractivity contribution is 6.11. The predicted molar refractivity (Wildman–Crippen MR) is 111 cm³/mol. The summed E-state index contributed by atoms with van der Waals surface area (Å²) in [4.78, 5) is 14.1. The van der Waals surface area contributed by atoms with Crippen LogP contribution < -0.4 is 4.90 Å². The average Bonchev–Trinajstić information content (AvgIpc) is 2.73. The highest BCUT2D eigenvalue weighted by Crippen LogP contribution is 2.26. The maximum absolute atomic E-state index is 11.7. The zero-order chi connectivity index (χ0) is 19.9. The summed E-state index contributed by atoms with van der Waals surface area (Å²) >= 11 is 0. The molecule has 1 aromatic rings. The molecule has 0 atom stereocenters. The number of nitrogens with zero attached hydrogens (tertiary/aromatic N) is 3. The van der Waals surface area contributed by atoms with Crippen LogP contribution in [0.25, 0.3) is 6.08 Å². The molecule has 1 saturated heterocycles. The minimum Gasteiger partial charge on any atom is -0.372 e. The summed E-state index contributed by atoms with van der Waals surface area (Å²) in [6, 6.07) is 12.0. The number of hydrogen-bond acceptors (Lipinski definition) is 4. The third-order valence-electron chi connectivity index (χ3n) is 5.06. The van der Waals surface area contributed by atoms with Crippen molar-refractivity contribution in [3.8, 4) is 12.1 Å². The zero-order valence-electron chi connectivity index (χ0n) is 16.1. The number of hydrogen-bond donors (Lipinski definition) is 0. The summed E-state index contributed by atoms with van der Waals surface area (Å²) in [6.45, 7) is 4.22. The molecule has 0 spiro atoms. The molecule has 4 nitrogen and oxygen atoms in total. The first-order valence-corrected chi connectivity index (χ1v) is 9.60. The van der Waals surface area contributed by atoms with E-state index in [-0.39, 0.29) is 5.57 Å². The summed E-state index contributed by atoms with van der Waals surface area (Å²) in [6.07, 6.45) is 12.3. The van der Waals surface area contributed by atoms with Crippen molar-refractivity contribution in [3.63, 3.8) is 0 Å². The molecule has 1 aliphatic heterocycles. The van der Waals surface area contributed by atoms with Crippen molar-refractivity contribution in [3.05, 3.63) is 70.3 Å². The molecule has 1 fully saturated rings. The molecule has 1 aromatic carbocycles. The van der Waals surface area contributed by atoms with Gasteiger partial charge in [0.2, 0.25) is 0 Å². The van der Waals surface area contributed by atoms with Crippen molar-refractivity contribution in [1.29, 1.82) is 10.5 Å². The largest absolute Gasteiger partial charge is 0.372 e. The van der Waals surface area contributed by atoms with Crippen LogP contribution in [0.3, 0.4) is 0 Å². The van der Waals surface area contributed by atoms with Gasteiger partial charge in [0.25, 0.3) is 5.78 Å². The number of Topliss-reactive ketones (excluding diaryl/α,β-unsaturated/α-hetero) is 1. The Labute approximate surface area is 166 Å². The summed E-state index contributed by atoms with van der Waals surface area (Å²) in [5, 5.41) is 18.1. The Morgan fingerprint density at radius 1 is 1.00 bits per heavy atom. The van der Waals surface area contributed by atoms with E-state index in [1.54, 1.807) is 6.08 Å². The number of rotatable bonds is 4. The van der Waals surface area contributed by atoms with Gasteiger partial charge in [0, 0.05) is 18.8 Å². The fraction of sp³-hybridized carbons (Fsp3) is 0.292. The van der Waals surface area contributed by atoms with Crippen LogP contribution in [0.2, 0.25) is 0 Å². The monoisotopic (exact) mass is 369 g/mol. The molecule has 28 heavy (non-hydrogen) atoms. The van der Waals surface area contributed by atoms with Gasteiger partial charge in [-0.25, -0.2) is 0 Å². The van der Waals surface area contributed by atoms with Gasteiger partial charge in [-0.3, -0.25) is 4.79 Å². The number of carbonyl (C=O) groups excluding carboxylic acids is 1.